The predicted molar refractivity (Wildman–Crippen MR) is 117 cm³/mol. The quantitative estimate of drug-likeness (QED) is 0.161. The van der Waals surface area contributed by atoms with Crippen LogP contribution in [0.1, 0.15) is 52.4 Å². The van der Waals surface area contributed by atoms with Gasteiger partial charge in [-0.15, -0.1) is 11.8 Å². The maximum atomic E-state index is 5.31. The Kier molecular flexibility index (Phi) is 19.5. The maximum Gasteiger partial charge on any atom is 0.0986 e. The van der Waals surface area contributed by atoms with E-state index >= 15 is 0 Å². The highest BCUT2D eigenvalue weighted by molar-refractivity contribution is 7.99. The smallest absolute Gasteiger partial charge is 0.0986 e. The first-order chi connectivity index (χ1) is 12.3. The predicted octanol–water partition coefficient (Wildman–Crippen LogP) is 7.41. The summed E-state index contributed by atoms with van der Waals surface area (Å²) < 4.78 is 5.31. The van der Waals surface area contributed by atoms with E-state index in [2.05, 4.69) is 74.3 Å². The molecule has 0 aliphatic carbocycles. The van der Waals surface area contributed by atoms with E-state index in [1.165, 1.54) is 0 Å². The summed E-state index contributed by atoms with van der Waals surface area (Å²) >= 11 is 1.84. The molecule has 0 aromatic carbocycles. The van der Waals surface area contributed by atoms with Crippen molar-refractivity contribution >= 4 is 11.8 Å². The molecule has 0 saturated carbocycles. The Hall–Kier alpha value is -1.41. The summed E-state index contributed by atoms with van der Waals surface area (Å²) in [4.78, 5) is 0. The molecule has 0 fully saturated rings. The van der Waals surface area contributed by atoms with Gasteiger partial charge in [-0.05, 0) is 45.4 Å². The molecule has 0 amide bonds. The Morgan fingerprint density at radius 3 is 1.84 bits per heavy atom. The van der Waals surface area contributed by atoms with Crippen molar-refractivity contribution < 1.29 is 4.74 Å². The van der Waals surface area contributed by atoms with Crippen LogP contribution in [0.5, 0.6) is 0 Å². The Balaban J connectivity index is 3.45. The van der Waals surface area contributed by atoms with Crippen LogP contribution < -0.4 is 0 Å². The lowest BCUT2D eigenvalue weighted by Gasteiger charge is -2.04. The second-order valence-corrected chi connectivity index (χ2v) is 6.57. The summed E-state index contributed by atoms with van der Waals surface area (Å²) in [5.41, 5.74) is 0. The molecule has 25 heavy (non-hydrogen) atoms. The van der Waals surface area contributed by atoms with Gasteiger partial charge in [0, 0.05) is 5.75 Å². The molecule has 140 valence electrons. The number of allylic oxidation sites excluding steroid dienone is 9. The van der Waals surface area contributed by atoms with E-state index < -0.39 is 0 Å². The van der Waals surface area contributed by atoms with E-state index in [1.54, 1.807) is 0 Å². The lowest BCUT2D eigenvalue weighted by molar-refractivity contribution is 0.235. The van der Waals surface area contributed by atoms with Gasteiger partial charge in [0.25, 0.3) is 0 Å². The van der Waals surface area contributed by atoms with Gasteiger partial charge in [-0.2, -0.15) is 0 Å². The van der Waals surface area contributed by atoms with Gasteiger partial charge in [0.1, 0.15) is 0 Å². The fraction of sp³-hybridized carbons (Fsp3) is 0.478. The van der Waals surface area contributed by atoms with Crippen molar-refractivity contribution in [1.29, 1.82) is 0 Å². The third-order valence-corrected chi connectivity index (χ3v) is 4.17. The van der Waals surface area contributed by atoms with E-state index in [1.807, 2.05) is 18.7 Å². The van der Waals surface area contributed by atoms with E-state index in [9.17, 15) is 0 Å². The summed E-state index contributed by atoms with van der Waals surface area (Å²) in [7, 11) is 0. The van der Waals surface area contributed by atoms with Crippen LogP contribution in [-0.2, 0) is 4.74 Å². The van der Waals surface area contributed by atoms with Crippen molar-refractivity contribution in [3.63, 3.8) is 0 Å². The lowest BCUT2D eigenvalue weighted by Crippen LogP contribution is -1.92. The van der Waals surface area contributed by atoms with Gasteiger partial charge in [0.15, 0.2) is 0 Å². The zero-order valence-electron chi connectivity index (χ0n) is 16.2. The van der Waals surface area contributed by atoms with Gasteiger partial charge in [-0.25, -0.2) is 0 Å². The van der Waals surface area contributed by atoms with Crippen LogP contribution >= 0.6 is 11.8 Å². The molecule has 2 heteroatoms. The standard InChI is InChI=1S/C23H36OS/c1-4-6-7-8-9-10-11-12-13-14-15-16-17-18-19-20-21-25-22-23(3)24-5-2/h6-7,9-10,12-13,15-16,19-20H,3-5,8,11,14,17-18,21-22H2,1-2H3/b7-6-,10-9-,13-12-,16-15-,20-19+. The molecular formula is C23H36OS. The minimum Gasteiger partial charge on any atom is -0.498 e. The van der Waals surface area contributed by atoms with Crippen molar-refractivity contribution in [2.24, 2.45) is 0 Å². The summed E-state index contributed by atoms with van der Waals surface area (Å²) in [6, 6.07) is 0. The average Bonchev–Trinajstić information content (AvgIpc) is 2.61. The van der Waals surface area contributed by atoms with Gasteiger partial charge in [0.05, 0.1) is 18.1 Å². The van der Waals surface area contributed by atoms with Gasteiger partial charge in [0.2, 0.25) is 0 Å². The van der Waals surface area contributed by atoms with Crippen LogP contribution in [0.15, 0.2) is 73.1 Å². The highest BCUT2D eigenvalue weighted by Crippen LogP contribution is 2.08. The second-order valence-electron chi connectivity index (χ2n) is 5.54. The van der Waals surface area contributed by atoms with Gasteiger partial charge < -0.3 is 4.74 Å². The summed E-state index contributed by atoms with van der Waals surface area (Å²) in [6.45, 7) is 8.73. The number of rotatable bonds is 16. The maximum absolute atomic E-state index is 5.31. The first-order valence-corrected chi connectivity index (χ1v) is 10.6. The van der Waals surface area contributed by atoms with Crippen molar-refractivity contribution in [3.8, 4) is 0 Å². The normalized spacial score (nSPS) is 12.6. The third kappa shape index (κ3) is 20.5. The lowest BCUT2D eigenvalue weighted by atomic mass is 10.2. The fourth-order valence-corrected chi connectivity index (χ4v) is 2.66. The number of hydrogen-bond acceptors (Lipinski definition) is 2. The van der Waals surface area contributed by atoms with Crippen LogP contribution in [0, 0.1) is 0 Å². The van der Waals surface area contributed by atoms with E-state index in [0.29, 0.717) is 6.61 Å². The van der Waals surface area contributed by atoms with Crippen molar-refractivity contribution in [2.45, 2.75) is 52.4 Å². The molecule has 0 atom stereocenters. The largest absolute Gasteiger partial charge is 0.498 e. The highest BCUT2D eigenvalue weighted by Gasteiger charge is 1.91. The molecule has 0 radical (unpaired) electrons. The molecule has 0 saturated heterocycles. The zero-order valence-corrected chi connectivity index (χ0v) is 17.0. The van der Waals surface area contributed by atoms with Crippen molar-refractivity contribution in [3.05, 3.63) is 73.1 Å². The number of unbranched alkanes of at least 4 members (excludes halogenated alkanes) is 1. The first kappa shape index (κ1) is 23.6. The van der Waals surface area contributed by atoms with E-state index in [-0.39, 0.29) is 0 Å². The molecule has 0 aromatic rings. The summed E-state index contributed by atoms with van der Waals surface area (Å²) in [5, 5.41) is 0. The molecule has 0 aromatic heterocycles. The SMILES string of the molecule is C=C(CSC/C=C/CC/C=C\C/C=C\C/C=C\C/C=C\CC)OCC. The minimum atomic E-state index is 0.712. The van der Waals surface area contributed by atoms with Crippen LogP contribution in [0.2, 0.25) is 0 Å². The third-order valence-electron chi connectivity index (χ3n) is 3.21. The van der Waals surface area contributed by atoms with Crippen LogP contribution in [0.3, 0.4) is 0 Å². The Morgan fingerprint density at radius 2 is 1.28 bits per heavy atom. The molecule has 0 N–H and O–H groups in total. The van der Waals surface area contributed by atoms with Crippen LogP contribution in [-0.4, -0.2) is 18.1 Å². The van der Waals surface area contributed by atoms with Gasteiger partial charge in [-0.1, -0.05) is 74.3 Å². The Bertz CT molecular complexity index is 441. The number of hydrogen-bond donors (Lipinski definition) is 0. The molecule has 0 aliphatic rings. The van der Waals surface area contributed by atoms with E-state index in [0.717, 1.165) is 55.8 Å². The van der Waals surface area contributed by atoms with Crippen LogP contribution in [0.4, 0.5) is 0 Å². The molecule has 0 aliphatic heterocycles. The summed E-state index contributed by atoms with van der Waals surface area (Å²) in [6.07, 6.45) is 28.8. The molecule has 0 rings (SSSR count). The molecule has 0 unspecified atom stereocenters. The zero-order chi connectivity index (χ0) is 18.4. The molecule has 1 nitrogen and oxygen atoms in total. The second kappa shape index (κ2) is 20.6. The summed E-state index contributed by atoms with van der Waals surface area (Å²) in [5.74, 6) is 2.79. The van der Waals surface area contributed by atoms with Gasteiger partial charge in [-0.3, -0.25) is 0 Å². The molecular weight excluding hydrogens is 324 g/mol. The van der Waals surface area contributed by atoms with E-state index in [4.69, 9.17) is 4.74 Å². The molecule has 0 spiro atoms. The molecule has 0 bridgehead atoms. The molecule has 0 heterocycles. The average molecular weight is 361 g/mol. The number of ether oxygens (including phenoxy) is 1. The Morgan fingerprint density at radius 1 is 0.760 bits per heavy atom. The Labute approximate surface area is 160 Å². The number of thioether (sulfide) groups is 1. The van der Waals surface area contributed by atoms with Crippen molar-refractivity contribution in [1.82, 2.24) is 0 Å². The minimum absolute atomic E-state index is 0.712. The topological polar surface area (TPSA) is 9.23 Å². The van der Waals surface area contributed by atoms with Crippen LogP contribution in [0.25, 0.3) is 0 Å². The highest BCUT2D eigenvalue weighted by atomic mass is 32.2. The monoisotopic (exact) mass is 360 g/mol. The fourth-order valence-electron chi connectivity index (χ4n) is 1.96. The van der Waals surface area contributed by atoms with Gasteiger partial charge >= 0.3 is 0 Å². The van der Waals surface area contributed by atoms with Crippen molar-refractivity contribution in [2.75, 3.05) is 18.1 Å². The first-order valence-electron chi connectivity index (χ1n) is 9.44.